The first-order valence-corrected chi connectivity index (χ1v) is 7.33. The highest BCUT2D eigenvalue weighted by molar-refractivity contribution is 9.10. The average molecular weight is 314 g/mol. The number of halogens is 1. The SMILES string of the molecule is CCC(C)(CC)Nc1cc(Br)nc(C(C)(C)C)n1. The van der Waals surface area contributed by atoms with E-state index in [-0.39, 0.29) is 11.0 Å². The van der Waals surface area contributed by atoms with Gasteiger partial charge in [-0.15, -0.1) is 0 Å². The van der Waals surface area contributed by atoms with Crippen LogP contribution in [0.25, 0.3) is 0 Å². The molecule has 102 valence electrons. The molecule has 0 saturated carbocycles. The van der Waals surface area contributed by atoms with Gasteiger partial charge in [-0.3, -0.25) is 0 Å². The molecule has 0 saturated heterocycles. The van der Waals surface area contributed by atoms with Crippen molar-refractivity contribution in [3.8, 4) is 0 Å². The van der Waals surface area contributed by atoms with Crippen LogP contribution in [0.3, 0.4) is 0 Å². The zero-order valence-electron chi connectivity index (χ0n) is 12.3. The molecule has 18 heavy (non-hydrogen) atoms. The Morgan fingerprint density at radius 3 is 2.11 bits per heavy atom. The van der Waals surface area contributed by atoms with Crippen LogP contribution >= 0.6 is 15.9 Å². The zero-order chi connectivity index (χ0) is 14.0. The summed E-state index contributed by atoms with van der Waals surface area (Å²) in [7, 11) is 0. The molecule has 3 nitrogen and oxygen atoms in total. The van der Waals surface area contributed by atoms with Crippen LogP contribution < -0.4 is 5.32 Å². The number of aromatic nitrogens is 2. The number of nitrogens with zero attached hydrogens (tertiary/aromatic N) is 2. The van der Waals surface area contributed by atoms with Crippen LogP contribution in [-0.4, -0.2) is 15.5 Å². The summed E-state index contributed by atoms with van der Waals surface area (Å²) in [6, 6.07) is 1.94. The number of rotatable bonds is 4. The normalized spacial score (nSPS) is 12.6. The van der Waals surface area contributed by atoms with Crippen LogP contribution in [0.4, 0.5) is 5.82 Å². The fourth-order valence-electron chi connectivity index (χ4n) is 1.55. The maximum absolute atomic E-state index is 4.63. The number of hydrogen-bond acceptors (Lipinski definition) is 3. The van der Waals surface area contributed by atoms with Crippen LogP contribution in [0.2, 0.25) is 0 Å². The van der Waals surface area contributed by atoms with E-state index in [1.807, 2.05) is 6.07 Å². The standard InChI is InChI=1S/C14H24BrN3/c1-7-14(6,8-2)18-11-9-10(15)16-12(17-11)13(3,4)5/h9H,7-8H2,1-6H3,(H,16,17,18). The first-order chi connectivity index (χ1) is 8.20. The summed E-state index contributed by atoms with van der Waals surface area (Å²) < 4.78 is 0.833. The smallest absolute Gasteiger partial charge is 0.137 e. The van der Waals surface area contributed by atoms with Crippen LogP contribution in [0.15, 0.2) is 10.7 Å². The lowest BCUT2D eigenvalue weighted by molar-refractivity contribution is 0.474. The van der Waals surface area contributed by atoms with Gasteiger partial charge in [0, 0.05) is 17.0 Å². The molecular formula is C14H24BrN3. The Bertz CT molecular complexity index is 406. The van der Waals surface area contributed by atoms with Crippen LogP contribution in [-0.2, 0) is 5.41 Å². The first-order valence-electron chi connectivity index (χ1n) is 6.53. The van der Waals surface area contributed by atoms with Gasteiger partial charge in [-0.2, -0.15) is 0 Å². The fraction of sp³-hybridized carbons (Fsp3) is 0.714. The molecule has 0 aliphatic carbocycles. The van der Waals surface area contributed by atoms with E-state index in [0.29, 0.717) is 0 Å². The summed E-state index contributed by atoms with van der Waals surface area (Å²) in [4.78, 5) is 9.09. The lowest BCUT2D eigenvalue weighted by Crippen LogP contribution is -2.33. The number of anilines is 1. The second kappa shape index (κ2) is 5.55. The molecule has 1 heterocycles. The van der Waals surface area contributed by atoms with E-state index in [0.717, 1.165) is 29.1 Å². The van der Waals surface area contributed by atoms with E-state index in [1.54, 1.807) is 0 Å². The Balaban J connectivity index is 3.08. The van der Waals surface area contributed by atoms with Crippen LogP contribution in [0.1, 0.15) is 60.2 Å². The van der Waals surface area contributed by atoms with Crippen molar-refractivity contribution < 1.29 is 0 Å². The van der Waals surface area contributed by atoms with Crippen molar-refractivity contribution in [2.45, 2.75) is 65.3 Å². The molecule has 0 spiro atoms. The van der Waals surface area contributed by atoms with Gasteiger partial charge in [0.05, 0.1) is 0 Å². The van der Waals surface area contributed by atoms with Crippen molar-refractivity contribution in [1.29, 1.82) is 0 Å². The highest BCUT2D eigenvalue weighted by atomic mass is 79.9. The molecule has 0 amide bonds. The zero-order valence-corrected chi connectivity index (χ0v) is 13.8. The van der Waals surface area contributed by atoms with Crippen LogP contribution in [0, 0.1) is 0 Å². The molecule has 0 atom stereocenters. The quantitative estimate of drug-likeness (QED) is 0.830. The van der Waals surface area contributed by atoms with Crippen molar-refractivity contribution in [1.82, 2.24) is 9.97 Å². The Morgan fingerprint density at radius 2 is 1.67 bits per heavy atom. The monoisotopic (exact) mass is 313 g/mol. The van der Waals surface area contributed by atoms with Gasteiger partial charge >= 0.3 is 0 Å². The average Bonchev–Trinajstić information content (AvgIpc) is 2.27. The highest BCUT2D eigenvalue weighted by Gasteiger charge is 2.22. The molecule has 0 unspecified atom stereocenters. The molecular weight excluding hydrogens is 290 g/mol. The molecule has 0 bridgehead atoms. The number of hydrogen-bond donors (Lipinski definition) is 1. The summed E-state index contributed by atoms with van der Waals surface area (Å²) in [6.45, 7) is 13.0. The number of nitrogens with one attached hydrogen (secondary N) is 1. The minimum Gasteiger partial charge on any atom is -0.365 e. The van der Waals surface area contributed by atoms with E-state index < -0.39 is 0 Å². The molecule has 0 aliphatic heterocycles. The third kappa shape index (κ3) is 3.94. The van der Waals surface area contributed by atoms with Gasteiger partial charge in [-0.1, -0.05) is 34.6 Å². The molecule has 0 radical (unpaired) electrons. The van der Waals surface area contributed by atoms with Gasteiger partial charge in [0.15, 0.2) is 0 Å². The topological polar surface area (TPSA) is 37.8 Å². The lowest BCUT2D eigenvalue weighted by Gasteiger charge is -2.29. The second-order valence-electron chi connectivity index (χ2n) is 6.04. The third-order valence-electron chi connectivity index (χ3n) is 3.36. The maximum atomic E-state index is 4.63. The predicted molar refractivity (Wildman–Crippen MR) is 81.0 cm³/mol. The third-order valence-corrected chi connectivity index (χ3v) is 3.76. The summed E-state index contributed by atoms with van der Waals surface area (Å²) in [5.74, 6) is 1.75. The summed E-state index contributed by atoms with van der Waals surface area (Å²) >= 11 is 3.47. The van der Waals surface area contributed by atoms with Crippen molar-refractivity contribution in [3.05, 3.63) is 16.5 Å². The highest BCUT2D eigenvalue weighted by Crippen LogP contribution is 2.25. The Kier molecular flexibility index (Phi) is 4.76. The van der Waals surface area contributed by atoms with Gasteiger partial charge < -0.3 is 5.32 Å². The molecule has 1 N–H and O–H groups in total. The van der Waals surface area contributed by atoms with Crippen LogP contribution in [0.5, 0.6) is 0 Å². The maximum Gasteiger partial charge on any atom is 0.137 e. The summed E-state index contributed by atoms with van der Waals surface area (Å²) in [5, 5.41) is 3.53. The largest absolute Gasteiger partial charge is 0.365 e. The van der Waals surface area contributed by atoms with E-state index in [1.165, 1.54) is 0 Å². The van der Waals surface area contributed by atoms with Crippen molar-refractivity contribution in [2.75, 3.05) is 5.32 Å². The summed E-state index contributed by atoms with van der Waals surface area (Å²) in [5.41, 5.74) is 0.0397. The molecule has 4 heteroatoms. The lowest BCUT2D eigenvalue weighted by atomic mass is 9.95. The Labute approximate surface area is 119 Å². The molecule has 1 aromatic heterocycles. The molecule has 0 aromatic carbocycles. The molecule has 1 rings (SSSR count). The summed E-state index contributed by atoms with van der Waals surface area (Å²) in [6.07, 6.45) is 2.13. The van der Waals surface area contributed by atoms with Gasteiger partial charge in [0.25, 0.3) is 0 Å². The molecule has 0 aliphatic rings. The van der Waals surface area contributed by atoms with E-state index in [9.17, 15) is 0 Å². The van der Waals surface area contributed by atoms with Crippen molar-refractivity contribution in [3.63, 3.8) is 0 Å². The van der Waals surface area contributed by atoms with E-state index >= 15 is 0 Å². The van der Waals surface area contributed by atoms with E-state index in [2.05, 4.69) is 72.8 Å². The van der Waals surface area contributed by atoms with Gasteiger partial charge in [0.1, 0.15) is 16.2 Å². The fourth-order valence-corrected chi connectivity index (χ4v) is 1.94. The first kappa shape index (κ1) is 15.4. The molecule has 1 aromatic rings. The predicted octanol–water partition coefficient (Wildman–Crippen LogP) is 4.53. The second-order valence-corrected chi connectivity index (χ2v) is 6.85. The minimum absolute atomic E-state index is 0.0466. The Hall–Kier alpha value is -0.640. The molecule has 0 fully saturated rings. The van der Waals surface area contributed by atoms with Gasteiger partial charge in [0.2, 0.25) is 0 Å². The van der Waals surface area contributed by atoms with Crippen molar-refractivity contribution >= 4 is 21.7 Å². The van der Waals surface area contributed by atoms with Gasteiger partial charge in [-0.05, 0) is 35.7 Å². The minimum atomic E-state index is -0.0466. The van der Waals surface area contributed by atoms with Crippen molar-refractivity contribution in [2.24, 2.45) is 0 Å². The Morgan fingerprint density at radius 1 is 1.11 bits per heavy atom. The van der Waals surface area contributed by atoms with Gasteiger partial charge in [-0.25, -0.2) is 9.97 Å². The van der Waals surface area contributed by atoms with E-state index in [4.69, 9.17) is 0 Å².